The second-order valence-corrected chi connectivity index (χ2v) is 10.8. The Bertz CT molecular complexity index is 418. The molecule has 0 saturated heterocycles. The van der Waals surface area contributed by atoms with Gasteiger partial charge in [0.1, 0.15) is 6.10 Å². The molecule has 0 aromatic heterocycles. The summed E-state index contributed by atoms with van der Waals surface area (Å²) >= 11 is 0. The van der Waals surface area contributed by atoms with Crippen LogP contribution < -0.4 is 0 Å². The van der Waals surface area contributed by atoms with Crippen LogP contribution in [0.5, 0.6) is 0 Å². The summed E-state index contributed by atoms with van der Waals surface area (Å²) in [6, 6.07) is 0. The molecule has 4 heteroatoms. The molecule has 0 spiro atoms. The van der Waals surface area contributed by atoms with Crippen molar-refractivity contribution in [1.29, 1.82) is 0 Å². The Hall–Kier alpha value is -0.420. The first-order valence-electron chi connectivity index (χ1n) is 16.4. The largest absolute Gasteiger partial charge is 0.353 e. The van der Waals surface area contributed by atoms with Crippen molar-refractivity contribution in [3.63, 3.8) is 0 Å². The quantitative estimate of drug-likeness (QED) is 0.0296. The fourth-order valence-corrected chi connectivity index (χ4v) is 4.70. The van der Waals surface area contributed by atoms with Crippen molar-refractivity contribution >= 4 is 0 Å². The Morgan fingerprint density at radius 3 is 1.51 bits per heavy atom. The molecule has 0 amide bonds. The van der Waals surface area contributed by atoms with E-state index in [9.17, 15) is 0 Å². The number of rotatable bonds is 31. The summed E-state index contributed by atoms with van der Waals surface area (Å²) in [6.45, 7) is 8.44. The van der Waals surface area contributed by atoms with Gasteiger partial charge in [0.15, 0.2) is 6.29 Å². The maximum Gasteiger partial charge on any atom is 0.157 e. The zero-order valence-electron chi connectivity index (χ0n) is 25.6. The van der Waals surface area contributed by atoms with Gasteiger partial charge in [-0.25, -0.2) is 9.78 Å². The van der Waals surface area contributed by atoms with Gasteiger partial charge in [-0.1, -0.05) is 136 Å². The number of hydrogen-bond acceptors (Lipinski definition) is 4. The van der Waals surface area contributed by atoms with E-state index in [1.807, 2.05) is 0 Å². The maximum atomic E-state index is 6.15. The molecule has 37 heavy (non-hydrogen) atoms. The van der Waals surface area contributed by atoms with Crippen LogP contribution in [0.2, 0.25) is 0 Å². The van der Waals surface area contributed by atoms with Gasteiger partial charge in [-0.3, -0.25) is 0 Å². The van der Waals surface area contributed by atoms with Crippen molar-refractivity contribution in [2.75, 3.05) is 20.3 Å². The van der Waals surface area contributed by atoms with E-state index in [-0.39, 0.29) is 12.4 Å². The molecular formula is C33H66O4. The van der Waals surface area contributed by atoms with Crippen LogP contribution in [0.1, 0.15) is 168 Å². The summed E-state index contributed by atoms with van der Waals surface area (Å²) < 4.78 is 12.3. The van der Waals surface area contributed by atoms with Crippen LogP contribution in [0.15, 0.2) is 12.2 Å². The average molecular weight is 527 g/mol. The van der Waals surface area contributed by atoms with Gasteiger partial charge in [0, 0.05) is 13.2 Å². The molecule has 222 valence electrons. The van der Waals surface area contributed by atoms with Crippen molar-refractivity contribution in [3.05, 3.63) is 12.2 Å². The molecule has 1 atom stereocenters. The Kier molecular flexibility index (Phi) is 31.4. The number of hydrogen-bond donors (Lipinski definition) is 0. The molecule has 0 aromatic rings. The van der Waals surface area contributed by atoms with Crippen molar-refractivity contribution in [1.82, 2.24) is 0 Å². The first-order chi connectivity index (χ1) is 18.3. The molecule has 0 aliphatic carbocycles. The molecule has 0 aliphatic rings. The standard InChI is InChI=1S/C33H66O4/c1-5-8-10-21-25-30-35-33(36-31-26-22-11-9-6-2)29-24-20-18-16-14-12-13-15-17-19-23-28-32(27-7-3)37-34-4/h23,28,32-33H,5-22,24-27,29-31H2,1-4H3. The molecule has 0 N–H and O–H groups in total. The molecule has 1 unspecified atom stereocenters. The van der Waals surface area contributed by atoms with Crippen molar-refractivity contribution in [2.24, 2.45) is 0 Å². The molecule has 0 fully saturated rings. The monoisotopic (exact) mass is 526 g/mol. The van der Waals surface area contributed by atoms with E-state index >= 15 is 0 Å². The van der Waals surface area contributed by atoms with Crippen LogP contribution in [-0.4, -0.2) is 32.7 Å². The van der Waals surface area contributed by atoms with E-state index in [1.165, 1.54) is 122 Å². The van der Waals surface area contributed by atoms with Crippen LogP contribution >= 0.6 is 0 Å². The summed E-state index contributed by atoms with van der Waals surface area (Å²) in [5.41, 5.74) is 0. The third-order valence-corrected chi connectivity index (χ3v) is 7.06. The third kappa shape index (κ3) is 28.4. The minimum Gasteiger partial charge on any atom is -0.353 e. The lowest BCUT2D eigenvalue weighted by atomic mass is 10.1. The second-order valence-electron chi connectivity index (χ2n) is 10.8. The van der Waals surface area contributed by atoms with E-state index < -0.39 is 0 Å². The zero-order chi connectivity index (χ0) is 27.1. The van der Waals surface area contributed by atoms with Crippen molar-refractivity contribution in [3.8, 4) is 0 Å². The number of allylic oxidation sites excluding steroid dienone is 1. The van der Waals surface area contributed by atoms with Gasteiger partial charge in [-0.15, -0.1) is 0 Å². The number of ether oxygens (including phenoxy) is 2. The van der Waals surface area contributed by atoms with Crippen LogP contribution in [0.4, 0.5) is 0 Å². The lowest BCUT2D eigenvalue weighted by molar-refractivity contribution is -0.294. The fraction of sp³-hybridized carbons (Fsp3) is 0.939. The highest BCUT2D eigenvalue weighted by atomic mass is 17.2. The second kappa shape index (κ2) is 31.8. The lowest BCUT2D eigenvalue weighted by Crippen LogP contribution is -2.19. The molecule has 0 saturated carbocycles. The van der Waals surface area contributed by atoms with E-state index in [2.05, 4.69) is 32.9 Å². The molecule has 0 aliphatic heterocycles. The molecule has 0 bridgehead atoms. The highest BCUT2D eigenvalue weighted by Gasteiger charge is 2.09. The van der Waals surface area contributed by atoms with Crippen LogP contribution in [0.25, 0.3) is 0 Å². The predicted molar refractivity (Wildman–Crippen MR) is 160 cm³/mol. The Labute approximate surface area is 232 Å². The van der Waals surface area contributed by atoms with Gasteiger partial charge in [-0.2, -0.15) is 0 Å². The molecule has 0 rings (SSSR count). The van der Waals surface area contributed by atoms with Crippen molar-refractivity contribution in [2.45, 2.75) is 181 Å². The minimum atomic E-state index is 0.0183. The summed E-state index contributed by atoms with van der Waals surface area (Å²) in [4.78, 5) is 10.1. The average Bonchev–Trinajstić information content (AvgIpc) is 2.90. The van der Waals surface area contributed by atoms with Gasteiger partial charge in [0.25, 0.3) is 0 Å². The van der Waals surface area contributed by atoms with Gasteiger partial charge >= 0.3 is 0 Å². The molecule has 0 heterocycles. The number of unbranched alkanes of at least 4 members (excludes halogenated alkanes) is 17. The molecule has 0 aromatic carbocycles. The first-order valence-corrected chi connectivity index (χ1v) is 16.4. The van der Waals surface area contributed by atoms with Crippen LogP contribution in [0, 0.1) is 0 Å². The van der Waals surface area contributed by atoms with Gasteiger partial charge in [0.05, 0.1) is 7.11 Å². The Morgan fingerprint density at radius 2 is 1.00 bits per heavy atom. The fourth-order valence-electron chi connectivity index (χ4n) is 4.70. The summed E-state index contributed by atoms with van der Waals surface area (Å²) in [6.07, 6.45) is 33.8. The van der Waals surface area contributed by atoms with Crippen LogP contribution in [0.3, 0.4) is 0 Å². The maximum absolute atomic E-state index is 6.15. The third-order valence-electron chi connectivity index (χ3n) is 7.06. The first kappa shape index (κ1) is 36.6. The van der Waals surface area contributed by atoms with E-state index in [4.69, 9.17) is 19.2 Å². The highest BCUT2D eigenvalue weighted by molar-refractivity contribution is 4.88. The minimum absolute atomic E-state index is 0.0183. The molecular weight excluding hydrogens is 460 g/mol. The summed E-state index contributed by atoms with van der Waals surface area (Å²) in [5.74, 6) is 0. The topological polar surface area (TPSA) is 36.9 Å². The Balaban J connectivity index is 3.77. The SMILES string of the molecule is CCCCCCCOC(CCCCCCCCCCCC=CC(CCC)OOC)OCCCCCCC. The zero-order valence-corrected chi connectivity index (χ0v) is 25.6. The Morgan fingerprint density at radius 1 is 0.514 bits per heavy atom. The van der Waals surface area contributed by atoms with Gasteiger partial charge < -0.3 is 9.47 Å². The van der Waals surface area contributed by atoms with E-state index in [0.29, 0.717) is 0 Å². The lowest BCUT2D eigenvalue weighted by Gasteiger charge is -2.19. The normalized spacial score (nSPS) is 12.8. The highest BCUT2D eigenvalue weighted by Crippen LogP contribution is 2.15. The van der Waals surface area contributed by atoms with Crippen molar-refractivity contribution < 1.29 is 19.2 Å². The molecule has 0 radical (unpaired) electrons. The van der Waals surface area contributed by atoms with E-state index in [0.717, 1.165) is 38.9 Å². The van der Waals surface area contributed by atoms with E-state index in [1.54, 1.807) is 7.11 Å². The summed E-state index contributed by atoms with van der Waals surface area (Å²) in [5, 5.41) is 0. The molecule has 4 nitrogen and oxygen atoms in total. The smallest absolute Gasteiger partial charge is 0.157 e. The van der Waals surface area contributed by atoms with Crippen LogP contribution in [-0.2, 0) is 19.2 Å². The summed E-state index contributed by atoms with van der Waals surface area (Å²) in [7, 11) is 1.59. The van der Waals surface area contributed by atoms with Gasteiger partial charge in [0.2, 0.25) is 0 Å². The predicted octanol–water partition coefficient (Wildman–Crippen LogP) is 10.9. The van der Waals surface area contributed by atoms with Gasteiger partial charge in [-0.05, 0) is 44.9 Å².